The Labute approximate surface area is 179 Å². The Morgan fingerprint density at radius 3 is 2.71 bits per heavy atom. The predicted molar refractivity (Wildman–Crippen MR) is 116 cm³/mol. The van der Waals surface area contributed by atoms with Gasteiger partial charge in [-0.15, -0.1) is 0 Å². The molecule has 1 saturated heterocycles. The number of benzene rings is 1. The van der Waals surface area contributed by atoms with Crippen molar-refractivity contribution in [1.82, 2.24) is 19.4 Å². The minimum Gasteiger partial charge on any atom is -0.495 e. The molecule has 1 aromatic carbocycles. The fourth-order valence-electron chi connectivity index (χ4n) is 4.81. The average molecular weight is 417 g/mol. The Kier molecular flexibility index (Phi) is 4.89. The van der Waals surface area contributed by atoms with Crippen LogP contribution in [-0.4, -0.2) is 45.7 Å². The maximum atomic E-state index is 13.1. The van der Waals surface area contributed by atoms with Gasteiger partial charge in [-0.1, -0.05) is 12.1 Å². The molecule has 158 valence electrons. The van der Waals surface area contributed by atoms with Crippen molar-refractivity contribution in [2.45, 2.75) is 18.9 Å². The maximum absolute atomic E-state index is 13.1. The van der Waals surface area contributed by atoms with Crippen LogP contribution in [-0.2, 0) is 6.54 Å². The minimum atomic E-state index is -0.157. The van der Waals surface area contributed by atoms with Crippen LogP contribution in [0.5, 0.6) is 5.75 Å². The van der Waals surface area contributed by atoms with Crippen LogP contribution >= 0.6 is 0 Å². The molecule has 0 saturated carbocycles. The number of rotatable bonds is 3. The highest BCUT2D eigenvalue weighted by Crippen LogP contribution is 2.39. The molecule has 8 nitrogen and oxygen atoms in total. The van der Waals surface area contributed by atoms with Gasteiger partial charge in [0.15, 0.2) is 0 Å². The molecule has 8 heteroatoms. The quantitative estimate of drug-likeness (QED) is 0.708. The van der Waals surface area contributed by atoms with Crippen LogP contribution in [0.1, 0.15) is 18.0 Å². The number of piperidine rings is 1. The van der Waals surface area contributed by atoms with Crippen molar-refractivity contribution in [2.24, 2.45) is 5.92 Å². The van der Waals surface area contributed by atoms with E-state index in [1.807, 2.05) is 39.8 Å². The highest BCUT2D eigenvalue weighted by atomic mass is 16.5. The summed E-state index contributed by atoms with van der Waals surface area (Å²) in [6.07, 6.45) is 5.96. The summed E-state index contributed by atoms with van der Waals surface area (Å²) in [5, 5.41) is 2.98. The first-order valence-electron chi connectivity index (χ1n) is 10.3. The molecular weight excluding hydrogens is 394 g/mol. The summed E-state index contributed by atoms with van der Waals surface area (Å²) >= 11 is 0. The number of fused-ring (bicyclic) bond motifs is 4. The summed E-state index contributed by atoms with van der Waals surface area (Å²) in [6.45, 7) is 1.76. The Hall–Kier alpha value is -3.68. The number of amides is 2. The zero-order chi connectivity index (χ0) is 21.4. The molecule has 0 unspecified atom stereocenters. The molecule has 2 amide bonds. The normalized spacial score (nSPS) is 19.5. The van der Waals surface area contributed by atoms with E-state index in [-0.39, 0.29) is 23.4 Å². The van der Waals surface area contributed by atoms with E-state index < -0.39 is 0 Å². The SMILES string of the molecule is COc1ccccc1NC(=O)N1C[C@H]2C[C@H](C1)c1c(-c3cncnc3)ccc(=O)n1C2. The van der Waals surface area contributed by atoms with Gasteiger partial charge < -0.3 is 19.5 Å². The van der Waals surface area contributed by atoms with Crippen LogP contribution in [0.3, 0.4) is 0 Å². The molecule has 0 aliphatic carbocycles. The minimum absolute atomic E-state index is 0.00257. The fraction of sp³-hybridized carbons (Fsp3) is 0.304. The third kappa shape index (κ3) is 3.54. The predicted octanol–water partition coefficient (Wildman–Crippen LogP) is 2.97. The number of carbonyl (C=O) groups excluding carboxylic acids is 1. The van der Waals surface area contributed by atoms with Gasteiger partial charge in [-0.2, -0.15) is 0 Å². The highest BCUT2D eigenvalue weighted by molar-refractivity contribution is 5.91. The first-order valence-corrected chi connectivity index (χ1v) is 10.3. The second-order valence-corrected chi connectivity index (χ2v) is 8.04. The molecule has 31 heavy (non-hydrogen) atoms. The van der Waals surface area contributed by atoms with Gasteiger partial charge >= 0.3 is 6.03 Å². The van der Waals surface area contributed by atoms with Crippen molar-refractivity contribution in [1.29, 1.82) is 0 Å². The van der Waals surface area contributed by atoms with Gasteiger partial charge in [-0.25, -0.2) is 14.8 Å². The van der Waals surface area contributed by atoms with Crippen LogP contribution in [0.25, 0.3) is 11.1 Å². The summed E-state index contributed by atoms with van der Waals surface area (Å²) in [6, 6.07) is 10.7. The number of hydrogen-bond donors (Lipinski definition) is 1. The Morgan fingerprint density at radius 2 is 1.90 bits per heavy atom. The lowest BCUT2D eigenvalue weighted by Crippen LogP contribution is -2.50. The van der Waals surface area contributed by atoms with Gasteiger partial charge in [0.25, 0.3) is 5.56 Å². The van der Waals surface area contributed by atoms with Crippen LogP contribution < -0.4 is 15.6 Å². The lowest BCUT2D eigenvalue weighted by Gasteiger charge is -2.43. The van der Waals surface area contributed by atoms with Gasteiger partial charge in [-0.05, 0) is 30.5 Å². The number of hydrogen-bond acceptors (Lipinski definition) is 5. The summed E-state index contributed by atoms with van der Waals surface area (Å²) in [5.41, 5.74) is 3.44. The van der Waals surface area contributed by atoms with E-state index in [1.165, 1.54) is 6.33 Å². The monoisotopic (exact) mass is 417 g/mol. The largest absolute Gasteiger partial charge is 0.495 e. The van der Waals surface area contributed by atoms with Gasteiger partial charge in [0.1, 0.15) is 12.1 Å². The van der Waals surface area contributed by atoms with Crippen molar-refractivity contribution in [2.75, 3.05) is 25.5 Å². The molecule has 1 fully saturated rings. The third-order valence-electron chi connectivity index (χ3n) is 6.10. The Bertz CT molecular complexity index is 1180. The number of anilines is 1. The second-order valence-electron chi connectivity index (χ2n) is 8.04. The Balaban J connectivity index is 1.46. The molecule has 5 rings (SSSR count). The maximum Gasteiger partial charge on any atom is 0.321 e. The van der Waals surface area contributed by atoms with Crippen LogP contribution in [0.15, 0.2) is 59.9 Å². The van der Waals surface area contributed by atoms with Crippen LogP contribution in [0.2, 0.25) is 0 Å². The summed E-state index contributed by atoms with van der Waals surface area (Å²) in [7, 11) is 1.58. The first kappa shape index (κ1) is 19.3. The van der Waals surface area contributed by atoms with Crippen LogP contribution in [0.4, 0.5) is 10.5 Å². The summed E-state index contributed by atoms with van der Waals surface area (Å²) < 4.78 is 7.22. The van der Waals surface area contributed by atoms with Crippen molar-refractivity contribution in [3.05, 3.63) is 71.2 Å². The van der Waals surface area contributed by atoms with E-state index in [0.717, 1.165) is 23.2 Å². The molecule has 4 heterocycles. The van der Waals surface area contributed by atoms with E-state index >= 15 is 0 Å². The molecule has 2 aromatic heterocycles. The van der Waals surface area contributed by atoms with Gasteiger partial charge in [0.2, 0.25) is 0 Å². The molecular formula is C23H23N5O3. The van der Waals surface area contributed by atoms with Gasteiger partial charge in [-0.3, -0.25) is 4.79 Å². The van der Waals surface area contributed by atoms with Crippen molar-refractivity contribution in [3.8, 4) is 16.9 Å². The number of carbonyl (C=O) groups is 1. The zero-order valence-corrected chi connectivity index (χ0v) is 17.2. The van der Waals surface area contributed by atoms with E-state index in [2.05, 4.69) is 15.3 Å². The first-order chi connectivity index (χ1) is 15.1. The number of methoxy groups -OCH3 is 1. The number of nitrogens with one attached hydrogen (secondary N) is 1. The number of nitrogens with zero attached hydrogens (tertiary/aromatic N) is 4. The standard InChI is InChI=1S/C23H23N5O3/c1-31-20-5-3-2-4-19(20)26-23(30)27-11-15-8-16(13-27)22-18(17-9-24-14-25-10-17)6-7-21(29)28(22)12-15/h2-7,9-10,14-16H,8,11-13H2,1H3,(H,26,30)/t15-,16-/m1/s1. The van der Waals surface area contributed by atoms with Crippen LogP contribution in [0, 0.1) is 5.92 Å². The number of para-hydroxylation sites is 2. The lowest BCUT2D eigenvalue weighted by atomic mass is 9.81. The molecule has 2 aliphatic rings. The Morgan fingerprint density at radius 1 is 1.10 bits per heavy atom. The van der Waals surface area contributed by atoms with Gasteiger partial charge in [0, 0.05) is 60.8 Å². The smallest absolute Gasteiger partial charge is 0.321 e. The lowest BCUT2D eigenvalue weighted by molar-refractivity contribution is 0.140. The van der Waals surface area contributed by atoms with E-state index in [9.17, 15) is 9.59 Å². The molecule has 2 bridgehead atoms. The summed E-state index contributed by atoms with van der Waals surface area (Å²) in [4.78, 5) is 35.8. The third-order valence-corrected chi connectivity index (χ3v) is 6.10. The van der Waals surface area contributed by atoms with Crippen molar-refractivity contribution >= 4 is 11.7 Å². The number of ether oxygens (including phenoxy) is 1. The molecule has 0 spiro atoms. The number of urea groups is 1. The number of pyridine rings is 1. The van der Waals surface area contributed by atoms with E-state index in [1.54, 1.807) is 25.6 Å². The molecule has 0 radical (unpaired) electrons. The molecule has 2 atom stereocenters. The molecule has 2 aliphatic heterocycles. The van der Waals surface area contributed by atoms with E-state index in [4.69, 9.17) is 4.74 Å². The summed E-state index contributed by atoms with van der Waals surface area (Å²) in [5.74, 6) is 0.922. The highest BCUT2D eigenvalue weighted by Gasteiger charge is 2.38. The molecule has 3 aromatic rings. The topological polar surface area (TPSA) is 89.3 Å². The number of likely N-dealkylation sites (tertiary alicyclic amines) is 1. The van der Waals surface area contributed by atoms with Crippen molar-refractivity contribution < 1.29 is 9.53 Å². The zero-order valence-electron chi connectivity index (χ0n) is 17.2. The second kappa shape index (κ2) is 7.86. The average Bonchev–Trinajstić information content (AvgIpc) is 2.80. The fourth-order valence-corrected chi connectivity index (χ4v) is 4.81. The van der Waals surface area contributed by atoms with E-state index in [0.29, 0.717) is 31.1 Å². The number of aromatic nitrogens is 3. The molecule has 1 N–H and O–H groups in total. The van der Waals surface area contributed by atoms with Gasteiger partial charge in [0.05, 0.1) is 12.8 Å². The van der Waals surface area contributed by atoms with Crippen molar-refractivity contribution in [3.63, 3.8) is 0 Å².